The van der Waals surface area contributed by atoms with Gasteiger partial charge in [-0.1, -0.05) is 39.3 Å². The number of aliphatic hydroxyl groups is 9. The lowest BCUT2D eigenvalue weighted by Gasteiger charge is -2.58. The fraction of sp³-hybridized carbons (Fsp3) is 0.956. The fourth-order valence-electron chi connectivity index (χ4n) is 14.7. The van der Waals surface area contributed by atoms with E-state index in [4.69, 9.17) is 28.4 Å². The Morgan fingerprint density at radius 2 is 1.41 bits per heavy atom. The third-order valence-electron chi connectivity index (χ3n) is 18.1. The first-order chi connectivity index (χ1) is 28.8. The van der Waals surface area contributed by atoms with Crippen LogP contribution < -0.4 is 0 Å². The van der Waals surface area contributed by atoms with Crippen LogP contribution >= 0.6 is 0 Å². The molecular weight excluding hydrogens is 794 g/mol. The van der Waals surface area contributed by atoms with E-state index >= 15 is 0 Å². The average molecular weight is 868 g/mol. The van der Waals surface area contributed by atoms with E-state index in [1.165, 1.54) is 58.1 Å². The average Bonchev–Trinajstić information content (AvgIpc) is 3.70. The van der Waals surface area contributed by atoms with Gasteiger partial charge in [0.15, 0.2) is 18.9 Å². The van der Waals surface area contributed by atoms with Crippen LogP contribution in [0.3, 0.4) is 0 Å². The Balaban J connectivity index is 0.942. The molecule has 4 aliphatic carbocycles. The number of hydrogen-bond donors (Lipinski definition) is 9. The predicted molar refractivity (Wildman–Crippen MR) is 215 cm³/mol. The Morgan fingerprint density at radius 3 is 2.10 bits per heavy atom. The Bertz CT molecular complexity index is 1620. The van der Waals surface area contributed by atoms with Gasteiger partial charge in [-0.2, -0.15) is 0 Å². The van der Waals surface area contributed by atoms with Crippen molar-refractivity contribution in [3.63, 3.8) is 0 Å². The Kier molecular flexibility index (Phi) is 12.2. The highest BCUT2D eigenvalue weighted by atomic mass is 16.8. The molecule has 0 radical (unpaired) electrons. The van der Waals surface area contributed by atoms with Gasteiger partial charge in [-0.3, -0.25) is 4.90 Å². The summed E-state index contributed by atoms with van der Waals surface area (Å²) < 4.78 is 36.0. The van der Waals surface area contributed by atoms with Crippen LogP contribution in [0, 0.1) is 46.3 Å². The smallest absolute Gasteiger partial charge is 0.226 e. The third-order valence-corrected chi connectivity index (χ3v) is 18.1. The molecule has 0 spiro atoms. The summed E-state index contributed by atoms with van der Waals surface area (Å²) >= 11 is 0. The standard InChI is InChI=1S/C45H73NO15/c1-19-7-10-28-20(2)31-29(46(28)17-19)16-27-25-9-8-23-15-24(11-13-43(23,5)26(25)12-14-44(27,31)6)58-42-38(60-40-36(52)34(50)32(48)21(3)56-40)39(54)45(55,30(18-47)59-42)61-41-37(53)35(51)33(49)22(4)57-41/h8,19-22,24-42,47-55H,7,9-18H2,1-6H3/t19-,20+,21?,22?,24?,25?,26?,27?,28?,29?,30?,31?,32?,33?,34?,35?,36?,37?,38?,39?,40?,41?,42?,43-,44-,45?/m0/s1. The van der Waals surface area contributed by atoms with Gasteiger partial charge in [0, 0.05) is 18.6 Å². The molecule has 8 fully saturated rings. The van der Waals surface area contributed by atoms with Gasteiger partial charge in [0.2, 0.25) is 5.79 Å². The van der Waals surface area contributed by atoms with Crippen molar-refractivity contribution < 1.29 is 74.4 Å². The first kappa shape index (κ1) is 45.3. The van der Waals surface area contributed by atoms with E-state index in [9.17, 15) is 46.0 Å². The number of fused-ring (bicyclic) bond motifs is 9. The summed E-state index contributed by atoms with van der Waals surface area (Å²) in [7, 11) is 0. The van der Waals surface area contributed by atoms with E-state index in [-0.39, 0.29) is 5.41 Å². The summed E-state index contributed by atoms with van der Waals surface area (Å²) in [5, 5.41) is 98.0. The number of ether oxygens (including phenoxy) is 6. The second kappa shape index (κ2) is 16.5. The Morgan fingerprint density at radius 1 is 0.738 bits per heavy atom. The van der Waals surface area contributed by atoms with Crippen molar-refractivity contribution in [1.29, 1.82) is 0 Å². The fourth-order valence-corrected chi connectivity index (χ4v) is 14.7. The highest BCUT2D eigenvalue weighted by Crippen LogP contribution is 2.70. The summed E-state index contributed by atoms with van der Waals surface area (Å²) in [5.41, 5.74) is 1.68. The highest BCUT2D eigenvalue weighted by Gasteiger charge is 2.67. The van der Waals surface area contributed by atoms with Crippen LogP contribution in [0.5, 0.6) is 0 Å². The van der Waals surface area contributed by atoms with Crippen LogP contribution in [0.2, 0.25) is 0 Å². The maximum atomic E-state index is 12.0. The molecule has 5 heterocycles. The van der Waals surface area contributed by atoms with Gasteiger partial charge in [0.25, 0.3) is 0 Å². The van der Waals surface area contributed by atoms with Crippen molar-refractivity contribution in [2.75, 3.05) is 13.2 Å². The number of aliphatic hydroxyl groups excluding tert-OH is 8. The Labute approximate surface area is 359 Å². The number of piperidine rings is 1. The molecule has 0 aromatic heterocycles. The molecule has 9 N–H and O–H groups in total. The predicted octanol–water partition coefficient (Wildman–Crippen LogP) is 0.503. The molecule has 22 unspecified atom stereocenters. The molecule has 9 aliphatic rings. The van der Waals surface area contributed by atoms with Crippen molar-refractivity contribution >= 4 is 0 Å². The number of rotatable bonds is 7. The second-order valence-electron chi connectivity index (χ2n) is 21.4. The minimum atomic E-state index is -2.87. The zero-order valence-electron chi connectivity index (χ0n) is 36.6. The van der Waals surface area contributed by atoms with Gasteiger partial charge in [-0.05, 0) is 118 Å². The normalized spacial score (nSPS) is 58.5. The van der Waals surface area contributed by atoms with Gasteiger partial charge in [0.05, 0.1) is 24.9 Å². The SMILES string of the molecule is CC1OC(OC2C(OC3CC[C@@]4(C)C(=CCC5C6CC7C([C@H](C)C8CC[C@H](C)CN78)[C@@]6(C)CCC54)C3)OC(CO)C(O)(OC3OC(C)C(O)C(O)C3O)C2O)C(O)C(O)C1O. The van der Waals surface area contributed by atoms with E-state index < -0.39 is 105 Å². The van der Waals surface area contributed by atoms with Crippen molar-refractivity contribution in [3.05, 3.63) is 11.6 Å². The van der Waals surface area contributed by atoms with Gasteiger partial charge in [0.1, 0.15) is 54.9 Å². The highest BCUT2D eigenvalue weighted by molar-refractivity contribution is 5.27. The van der Waals surface area contributed by atoms with Gasteiger partial charge >= 0.3 is 0 Å². The Hall–Kier alpha value is -0.900. The topological polar surface area (TPSA) is 241 Å². The van der Waals surface area contributed by atoms with Crippen molar-refractivity contribution in [2.45, 2.75) is 209 Å². The van der Waals surface area contributed by atoms with Crippen LogP contribution in [0.25, 0.3) is 0 Å². The lowest BCUT2D eigenvalue weighted by atomic mass is 9.47. The molecule has 16 nitrogen and oxygen atoms in total. The third kappa shape index (κ3) is 7.16. The van der Waals surface area contributed by atoms with Gasteiger partial charge in [-0.25, -0.2) is 0 Å². The van der Waals surface area contributed by atoms with Crippen molar-refractivity contribution in [3.8, 4) is 0 Å². The lowest BCUT2D eigenvalue weighted by Crippen LogP contribution is -2.72. The van der Waals surface area contributed by atoms with Crippen LogP contribution in [-0.2, 0) is 28.4 Å². The summed E-state index contributed by atoms with van der Waals surface area (Å²) in [4.78, 5) is 2.93. The van der Waals surface area contributed by atoms with Gasteiger partial charge < -0.3 is 74.4 Å². The van der Waals surface area contributed by atoms with Crippen LogP contribution in [0.1, 0.15) is 99.3 Å². The summed E-state index contributed by atoms with van der Waals surface area (Å²) in [6.45, 7) is 13.3. The van der Waals surface area contributed by atoms with E-state index in [2.05, 4.69) is 38.7 Å². The molecule has 3 saturated carbocycles. The second-order valence-corrected chi connectivity index (χ2v) is 21.4. The quantitative estimate of drug-likeness (QED) is 0.125. The van der Waals surface area contributed by atoms with Crippen molar-refractivity contribution in [2.24, 2.45) is 46.3 Å². The summed E-state index contributed by atoms with van der Waals surface area (Å²) in [5.74, 6) is 1.24. The molecule has 5 aliphatic heterocycles. The minimum Gasteiger partial charge on any atom is -0.393 e. The zero-order chi connectivity index (χ0) is 43.7. The van der Waals surface area contributed by atoms with Gasteiger partial charge in [-0.15, -0.1) is 0 Å². The molecular formula is C45H73NO15. The van der Waals surface area contributed by atoms with E-state index in [1.807, 2.05) is 0 Å². The van der Waals surface area contributed by atoms with E-state index in [0.29, 0.717) is 42.1 Å². The van der Waals surface area contributed by atoms with Crippen molar-refractivity contribution in [1.82, 2.24) is 4.90 Å². The number of hydrogen-bond acceptors (Lipinski definition) is 16. The molecule has 61 heavy (non-hydrogen) atoms. The van der Waals surface area contributed by atoms with Crippen LogP contribution in [0.4, 0.5) is 0 Å². The molecule has 5 saturated heterocycles. The molecule has 26 atom stereocenters. The monoisotopic (exact) mass is 867 g/mol. The number of allylic oxidation sites excluding steroid dienone is 1. The molecule has 0 aromatic rings. The summed E-state index contributed by atoms with van der Waals surface area (Å²) in [6, 6.07) is 1.42. The maximum absolute atomic E-state index is 12.0. The van der Waals surface area contributed by atoms with Crippen LogP contribution in [-0.4, -0.2) is 174 Å². The lowest BCUT2D eigenvalue weighted by molar-refractivity contribution is -0.454. The minimum absolute atomic E-state index is 0.0105. The first-order valence-electron chi connectivity index (χ1n) is 23.3. The maximum Gasteiger partial charge on any atom is 0.226 e. The first-order valence-corrected chi connectivity index (χ1v) is 23.3. The zero-order valence-corrected chi connectivity index (χ0v) is 36.6. The molecule has 0 bridgehead atoms. The van der Waals surface area contributed by atoms with Crippen LogP contribution in [0.15, 0.2) is 11.6 Å². The molecule has 348 valence electrons. The van der Waals surface area contributed by atoms with E-state index in [1.54, 1.807) is 0 Å². The summed E-state index contributed by atoms with van der Waals surface area (Å²) in [6.07, 6.45) is -10.9. The molecule has 0 aromatic carbocycles. The van der Waals surface area contributed by atoms with E-state index in [0.717, 1.165) is 36.6 Å². The largest absolute Gasteiger partial charge is 0.393 e. The molecule has 9 rings (SSSR count). The molecule has 0 amide bonds. The molecule has 16 heteroatoms. The number of nitrogens with zero attached hydrogens (tertiary/aromatic N) is 1.